The van der Waals surface area contributed by atoms with Crippen LogP contribution in [0.4, 0.5) is 0 Å². The summed E-state index contributed by atoms with van der Waals surface area (Å²) < 4.78 is 12.3. The summed E-state index contributed by atoms with van der Waals surface area (Å²) in [4.78, 5) is 18.6. The van der Waals surface area contributed by atoms with Crippen LogP contribution in [-0.4, -0.2) is 42.0 Å². The maximum atomic E-state index is 12.4. The van der Waals surface area contributed by atoms with Gasteiger partial charge in [-0.15, -0.1) is 0 Å². The molecule has 0 saturated heterocycles. The fourth-order valence-electron chi connectivity index (χ4n) is 3.72. The van der Waals surface area contributed by atoms with E-state index in [2.05, 4.69) is 11.1 Å². The predicted molar refractivity (Wildman–Crippen MR) is 140 cm³/mol. The normalized spacial score (nSPS) is 15.1. The number of benzene rings is 3. The first kappa shape index (κ1) is 25.3. The van der Waals surface area contributed by atoms with Crippen LogP contribution in [-0.2, 0) is 6.42 Å². The summed E-state index contributed by atoms with van der Waals surface area (Å²) in [6, 6.07) is 23.7. The van der Waals surface area contributed by atoms with Gasteiger partial charge < -0.3 is 20.1 Å². The molecule has 9 nitrogen and oxygen atoms in total. The van der Waals surface area contributed by atoms with Gasteiger partial charge in [-0.1, -0.05) is 42.5 Å². The molecule has 0 aromatic heterocycles. The summed E-state index contributed by atoms with van der Waals surface area (Å²) in [7, 11) is 3.35. The molecule has 0 saturated carbocycles. The molecular formula is C28H28N6O3. The van der Waals surface area contributed by atoms with Gasteiger partial charge in [-0.2, -0.15) is 5.26 Å². The Labute approximate surface area is 215 Å². The number of hydrogen-bond donors (Lipinski definition) is 2. The molecule has 1 atom stereocenters. The summed E-state index contributed by atoms with van der Waals surface area (Å²) in [5, 5.41) is 10.5. The lowest BCUT2D eigenvalue weighted by Gasteiger charge is -2.33. The molecule has 1 heterocycles. The number of nitriles is 1. The van der Waals surface area contributed by atoms with E-state index in [1.54, 1.807) is 56.6 Å². The minimum atomic E-state index is -1.01. The summed E-state index contributed by atoms with van der Waals surface area (Å²) in [5.74, 6) is 7.24. The highest BCUT2D eigenvalue weighted by Crippen LogP contribution is 2.27. The van der Waals surface area contributed by atoms with Crippen LogP contribution in [0.3, 0.4) is 0 Å². The number of carbonyl (C=O) groups excluding carboxylic acids is 1. The van der Waals surface area contributed by atoms with Crippen LogP contribution < -0.4 is 21.1 Å². The van der Waals surface area contributed by atoms with Gasteiger partial charge in [0.1, 0.15) is 17.2 Å². The summed E-state index contributed by atoms with van der Waals surface area (Å²) in [5.41, 5.74) is 10.0. The van der Waals surface area contributed by atoms with E-state index in [1.165, 1.54) is 9.91 Å². The van der Waals surface area contributed by atoms with Gasteiger partial charge in [-0.3, -0.25) is 4.79 Å². The highest BCUT2D eigenvalue weighted by atomic mass is 16.5. The Morgan fingerprint density at radius 1 is 1.11 bits per heavy atom. The number of rotatable bonds is 7. The van der Waals surface area contributed by atoms with Crippen LogP contribution in [0.25, 0.3) is 0 Å². The molecule has 1 amide bonds. The number of ether oxygens (including phenoxy) is 2. The van der Waals surface area contributed by atoms with E-state index in [1.807, 2.05) is 37.3 Å². The van der Waals surface area contributed by atoms with E-state index in [9.17, 15) is 10.1 Å². The van der Waals surface area contributed by atoms with Crippen LogP contribution >= 0.6 is 0 Å². The van der Waals surface area contributed by atoms with E-state index in [0.717, 1.165) is 11.1 Å². The molecule has 4 N–H and O–H groups in total. The zero-order valence-corrected chi connectivity index (χ0v) is 20.9. The van der Waals surface area contributed by atoms with Crippen molar-refractivity contribution in [2.45, 2.75) is 19.7 Å². The average molecular weight is 497 g/mol. The Morgan fingerprint density at radius 3 is 2.57 bits per heavy atom. The van der Waals surface area contributed by atoms with Crippen molar-refractivity contribution in [3.8, 4) is 17.6 Å². The fourth-order valence-corrected chi connectivity index (χ4v) is 3.72. The number of hydrazine groups is 1. The van der Waals surface area contributed by atoms with Gasteiger partial charge in [-0.25, -0.2) is 15.8 Å². The molecule has 9 heteroatoms. The highest BCUT2D eigenvalue weighted by molar-refractivity contribution is 6.01. The predicted octanol–water partition coefficient (Wildman–Crippen LogP) is 3.31. The lowest BCUT2D eigenvalue weighted by molar-refractivity contribution is 0.0221. The molecule has 1 aliphatic heterocycles. The second-order valence-corrected chi connectivity index (χ2v) is 8.73. The molecule has 4 rings (SSSR count). The lowest BCUT2D eigenvalue weighted by Crippen LogP contribution is -2.49. The summed E-state index contributed by atoms with van der Waals surface area (Å²) in [6.07, 6.45) is -0.593. The van der Waals surface area contributed by atoms with Gasteiger partial charge in [0.2, 0.25) is 5.88 Å². The largest absolute Gasteiger partial charge is 0.449 e. The van der Waals surface area contributed by atoms with Crippen molar-refractivity contribution >= 4 is 11.6 Å². The Balaban J connectivity index is 1.71. The van der Waals surface area contributed by atoms with Crippen LogP contribution in [0.1, 0.15) is 27.0 Å². The van der Waals surface area contributed by atoms with Gasteiger partial charge in [0.15, 0.2) is 0 Å². The third-order valence-electron chi connectivity index (χ3n) is 5.75. The van der Waals surface area contributed by atoms with Crippen LogP contribution in [0, 0.1) is 18.3 Å². The van der Waals surface area contributed by atoms with Crippen LogP contribution in [0.5, 0.6) is 11.5 Å². The van der Waals surface area contributed by atoms with Gasteiger partial charge in [-0.05, 0) is 48.4 Å². The van der Waals surface area contributed by atoms with E-state index >= 15 is 0 Å². The first-order valence-corrected chi connectivity index (χ1v) is 11.6. The quantitative estimate of drug-likeness (QED) is 0.480. The summed E-state index contributed by atoms with van der Waals surface area (Å²) >= 11 is 0. The molecule has 188 valence electrons. The number of aryl methyl sites for hydroxylation is 1. The van der Waals surface area contributed by atoms with E-state index in [-0.39, 0.29) is 17.5 Å². The standard InChI is InChI=1S/C28H28N6O3/c1-18-12-13-20(17-29)15-24(18)37-28-32-23(14-19-8-5-4-6-9-19)25(30)27(34(28)31)36-22-11-7-10-21(16-22)26(35)33(2)3/h4-13,15-16,28H,14,30-31H2,1-3H3. The topological polar surface area (TPSA) is 130 Å². The van der Waals surface area contributed by atoms with Crippen molar-refractivity contribution in [1.82, 2.24) is 9.91 Å². The smallest absolute Gasteiger partial charge is 0.286 e. The van der Waals surface area contributed by atoms with Crippen molar-refractivity contribution in [1.29, 1.82) is 5.26 Å². The molecule has 3 aromatic rings. The fraction of sp³-hybridized carbons (Fsp3) is 0.179. The van der Waals surface area contributed by atoms with E-state index < -0.39 is 6.35 Å². The first-order valence-electron chi connectivity index (χ1n) is 11.6. The molecule has 1 unspecified atom stereocenters. The molecule has 0 bridgehead atoms. The number of hydrogen-bond acceptors (Lipinski definition) is 8. The minimum absolute atomic E-state index is 0.134. The minimum Gasteiger partial charge on any atom is -0.449 e. The summed E-state index contributed by atoms with van der Waals surface area (Å²) in [6.45, 7) is 1.86. The Hall–Kier alpha value is -4.81. The van der Waals surface area contributed by atoms with Gasteiger partial charge in [0, 0.05) is 26.1 Å². The SMILES string of the molecule is Cc1ccc(C#N)cc1OC1N=C(Cc2ccccc2)C(N)=C(Oc2cccc(C(=O)N(C)C)c2)N1N. The van der Waals surface area contributed by atoms with Crippen LogP contribution in [0.15, 0.2) is 89.4 Å². The van der Waals surface area contributed by atoms with Crippen molar-refractivity contribution in [2.75, 3.05) is 14.1 Å². The Morgan fingerprint density at radius 2 is 1.86 bits per heavy atom. The van der Waals surface area contributed by atoms with Crippen molar-refractivity contribution in [3.63, 3.8) is 0 Å². The number of aliphatic imine (C=N–C) groups is 1. The van der Waals surface area contributed by atoms with Crippen LogP contribution in [0.2, 0.25) is 0 Å². The monoisotopic (exact) mass is 496 g/mol. The number of nitrogens with zero attached hydrogens (tertiary/aromatic N) is 4. The van der Waals surface area contributed by atoms with Crippen molar-refractivity contribution in [2.24, 2.45) is 16.6 Å². The average Bonchev–Trinajstić information content (AvgIpc) is 2.90. The lowest BCUT2D eigenvalue weighted by atomic mass is 10.1. The zero-order valence-electron chi connectivity index (χ0n) is 20.9. The molecule has 37 heavy (non-hydrogen) atoms. The number of nitrogens with two attached hydrogens (primary N) is 2. The molecule has 0 radical (unpaired) electrons. The maximum absolute atomic E-state index is 12.4. The molecule has 0 aliphatic carbocycles. The maximum Gasteiger partial charge on any atom is 0.286 e. The highest BCUT2D eigenvalue weighted by Gasteiger charge is 2.31. The zero-order chi connectivity index (χ0) is 26.5. The Bertz CT molecular complexity index is 1410. The molecule has 3 aromatic carbocycles. The van der Waals surface area contributed by atoms with Gasteiger partial charge in [0.25, 0.3) is 12.3 Å². The van der Waals surface area contributed by atoms with Crippen molar-refractivity contribution in [3.05, 3.63) is 107 Å². The second-order valence-electron chi connectivity index (χ2n) is 8.73. The van der Waals surface area contributed by atoms with Crippen molar-refractivity contribution < 1.29 is 14.3 Å². The third kappa shape index (κ3) is 5.72. The second kappa shape index (κ2) is 10.8. The van der Waals surface area contributed by atoms with Gasteiger partial charge >= 0.3 is 0 Å². The van der Waals surface area contributed by atoms with E-state index in [4.69, 9.17) is 21.1 Å². The Kier molecular flexibility index (Phi) is 7.41. The third-order valence-corrected chi connectivity index (χ3v) is 5.75. The molecule has 0 spiro atoms. The van der Waals surface area contributed by atoms with Gasteiger partial charge in [0.05, 0.1) is 17.3 Å². The van der Waals surface area contributed by atoms with E-state index in [0.29, 0.717) is 34.8 Å². The number of allylic oxidation sites excluding steroid dienone is 1. The number of carbonyl (C=O) groups is 1. The molecule has 1 aliphatic rings. The molecular weight excluding hydrogens is 468 g/mol. The number of amides is 1. The first-order chi connectivity index (χ1) is 17.8. The molecule has 0 fully saturated rings.